The van der Waals surface area contributed by atoms with Gasteiger partial charge in [0.2, 0.25) is 0 Å². The minimum atomic E-state index is -0.656. The van der Waals surface area contributed by atoms with Crippen molar-refractivity contribution < 1.29 is 9.47 Å². The summed E-state index contributed by atoms with van der Waals surface area (Å²) in [6.07, 6.45) is 2.29. The topological polar surface area (TPSA) is 54.3 Å². The number of methoxy groups -OCH3 is 1. The lowest BCUT2D eigenvalue weighted by Gasteiger charge is -2.24. The minimum Gasteiger partial charge on any atom is -0.493 e. The van der Waals surface area contributed by atoms with Gasteiger partial charge in [-0.1, -0.05) is 6.07 Å². The van der Waals surface area contributed by atoms with Gasteiger partial charge in [0.25, 0.3) is 0 Å². The van der Waals surface area contributed by atoms with Crippen LogP contribution < -0.4 is 14.8 Å². The molecule has 1 unspecified atom stereocenters. The standard InChI is InChI=1S/C15H20N2O2/c1-11-4-7-13(14(8-11)18-3)19-10-15(2,9-16)17-12-5-6-12/h4,7-8,12,17H,5-6,10H2,1-3H3. The summed E-state index contributed by atoms with van der Waals surface area (Å²) in [7, 11) is 1.62. The zero-order valence-corrected chi connectivity index (χ0v) is 11.7. The average molecular weight is 260 g/mol. The first kappa shape index (κ1) is 13.7. The van der Waals surface area contributed by atoms with Crippen LogP contribution in [-0.4, -0.2) is 25.3 Å². The Morgan fingerprint density at radius 2 is 2.16 bits per heavy atom. The summed E-state index contributed by atoms with van der Waals surface area (Å²) < 4.78 is 11.0. The van der Waals surface area contributed by atoms with E-state index in [0.29, 0.717) is 24.1 Å². The number of nitrogens with zero attached hydrogens (tertiary/aromatic N) is 1. The van der Waals surface area contributed by atoms with E-state index >= 15 is 0 Å². The molecule has 0 bridgehead atoms. The van der Waals surface area contributed by atoms with Gasteiger partial charge < -0.3 is 9.47 Å². The average Bonchev–Trinajstić information content (AvgIpc) is 3.21. The van der Waals surface area contributed by atoms with Gasteiger partial charge in [-0.2, -0.15) is 5.26 Å². The fourth-order valence-electron chi connectivity index (χ4n) is 1.90. The molecule has 19 heavy (non-hydrogen) atoms. The Labute approximate surface area is 114 Å². The quantitative estimate of drug-likeness (QED) is 0.853. The molecule has 0 radical (unpaired) electrons. The van der Waals surface area contributed by atoms with Crippen LogP contribution in [-0.2, 0) is 0 Å². The second-order valence-electron chi connectivity index (χ2n) is 5.31. The molecule has 1 atom stereocenters. The van der Waals surface area contributed by atoms with Crippen LogP contribution in [0.3, 0.4) is 0 Å². The molecule has 1 aromatic rings. The van der Waals surface area contributed by atoms with Crippen LogP contribution >= 0.6 is 0 Å². The zero-order chi connectivity index (χ0) is 13.9. The predicted octanol–water partition coefficient (Wildman–Crippen LogP) is 2.42. The number of benzene rings is 1. The summed E-state index contributed by atoms with van der Waals surface area (Å²) in [6, 6.07) is 8.53. The Morgan fingerprint density at radius 1 is 1.42 bits per heavy atom. The van der Waals surface area contributed by atoms with E-state index in [1.54, 1.807) is 7.11 Å². The highest BCUT2D eigenvalue weighted by Crippen LogP contribution is 2.29. The van der Waals surface area contributed by atoms with Crippen LogP contribution in [0.2, 0.25) is 0 Å². The third-order valence-corrected chi connectivity index (χ3v) is 3.18. The molecule has 102 valence electrons. The number of hydrogen-bond donors (Lipinski definition) is 1. The Morgan fingerprint density at radius 3 is 2.74 bits per heavy atom. The number of ether oxygens (including phenoxy) is 2. The molecule has 0 heterocycles. The summed E-state index contributed by atoms with van der Waals surface area (Å²) in [5.41, 5.74) is 0.459. The third-order valence-electron chi connectivity index (χ3n) is 3.18. The number of nitrogens with one attached hydrogen (secondary N) is 1. The van der Waals surface area contributed by atoms with E-state index in [1.165, 1.54) is 0 Å². The van der Waals surface area contributed by atoms with E-state index in [0.717, 1.165) is 18.4 Å². The first-order valence-electron chi connectivity index (χ1n) is 6.53. The second kappa shape index (κ2) is 5.50. The molecule has 1 fully saturated rings. The SMILES string of the molecule is COc1cc(C)ccc1OCC(C)(C#N)NC1CC1. The maximum atomic E-state index is 9.29. The van der Waals surface area contributed by atoms with Crippen LogP contribution in [0, 0.1) is 18.3 Å². The van der Waals surface area contributed by atoms with Gasteiger partial charge in [-0.3, -0.25) is 5.32 Å². The largest absolute Gasteiger partial charge is 0.493 e. The van der Waals surface area contributed by atoms with Crippen molar-refractivity contribution in [3.8, 4) is 17.6 Å². The summed E-state index contributed by atoms with van der Waals surface area (Å²) >= 11 is 0. The lowest BCUT2D eigenvalue weighted by Crippen LogP contribution is -2.47. The molecule has 0 aliphatic heterocycles. The van der Waals surface area contributed by atoms with Crippen molar-refractivity contribution >= 4 is 0 Å². The fourth-order valence-corrected chi connectivity index (χ4v) is 1.90. The van der Waals surface area contributed by atoms with E-state index in [4.69, 9.17) is 9.47 Å². The van der Waals surface area contributed by atoms with Gasteiger partial charge in [-0.05, 0) is 44.4 Å². The van der Waals surface area contributed by atoms with Gasteiger partial charge in [0, 0.05) is 6.04 Å². The summed E-state index contributed by atoms with van der Waals surface area (Å²) in [4.78, 5) is 0. The van der Waals surface area contributed by atoms with Crippen molar-refractivity contribution in [2.45, 2.75) is 38.3 Å². The van der Waals surface area contributed by atoms with Crippen LogP contribution in [0.5, 0.6) is 11.5 Å². The molecule has 1 saturated carbocycles. The van der Waals surface area contributed by atoms with Crippen LogP contribution in [0.15, 0.2) is 18.2 Å². The van der Waals surface area contributed by atoms with E-state index in [-0.39, 0.29) is 0 Å². The van der Waals surface area contributed by atoms with Crippen molar-refractivity contribution in [3.63, 3.8) is 0 Å². The Hall–Kier alpha value is -1.73. The first-order chi connectivity index (χ1) is 9.06. The Bertz CT molecular complexity index is 491. The first-order valence-corrected chi connectivity index (χ1v) is 6.53. The molecule has 0 amide bonds. The predicted molar refractivity (Wildman–Crippen MR) is 73.4 cm³/mol. The van der Waals surface area contributed by atoms with Gasteiger partial charge in [0.15, 0.2) is 11.5 Å². The van der Waals surface area contributed by atoms with Gasteiger partial charge >= 0.3 is 0 Å². The van der Waals surface area contributed by atoms with Crippen LogP contribution in [0.25, 0.3) is 0 Å². The number of rotatable bonds is 6. The fraction of sp³-hybridized carbons (Fsp3) is 0.533. The molecular weight excluding hydrogens is 240 g/mol. The molecular formula is C15H20N2O2. The molecule has 2 rings (SSSR count). The highest BCUT2D eigenvalue weighted by molar-refractivity contribution is 5.42. The summed E-state index contributed by atoms with van der Waals surface area (Å²) in [5, 5.41) is 12.6. The number of aryl methyl sites for hydroxylation is 1. The molecule has 1 aliphatic carbocycles. The highest BCUT2D eigenvalue weighted by Gasteiger charge is 2.33. The van der Waals surface area contributed by atoms with Gasteiger partial charge in [-0.25, -0.2) is 0 Å². The second-order valence-corrected chi connectivity index (χ2v) is 5.31. The lowest BCUT2D eigenvalue weighted by atomic mass is 10.1. The van der Waals surface area contributed by atoms with Crippen molar-refractivity contribution in [2.24, 2.45) is 0 Å². The van der Waals surface area contributed by atoms with E-state index in [9.17, 15) is 5.26 Å². The number of nitriles is 1. The summed E-state index contributed by atoms with van der Waals surface area (Å²) in [5.74, 6) is 1.37. The number of hydrogen-bond acceptors (Lipinski definition) is 4. The van der Waals surface area contributed by atoms with Crippen molar-refractivity contribution in [1.29, 1.82) is 5.26 Å². The molecule has 0 saturated heterocycles. The third kappa shape index (κ3) is 3.62. The normalized spacial score (nSPS) is 17.4. The zero-order valence-electron chi connectivity index (χ0n) is 11.7. The molecule has 4 nitrogen and oxygen atoms in total. The van der Waals surface area contributed by atoms with Crippen molar-refractivity contribution in [2.75, 3.05) is 13.7 Å². The van der Waals surface area contributed by atoms with Crippen molar-refractivity contribution in [3.05, 3.63) is 23.8 Å². The van der Waals surface area contributed by atoms with E-state index < -0.39 is 5.54 Å². The maximum Gasteiger partial charge on any atom is 0.161 e. The molecule has 0 aromatic heterocycles. The Kier molecular flexibility index (Phi) is 3.96. The minimum absolute atomic E-state index is 0.305. The van der Waals surface area contributed by atoms with Crippen LogP contribution in [0.1, 0.15) is 25.3 Å². The van der Waals surface area contributed by atoms with Crippen molar-refractivity contribution in [1.82, 2.24) is 5.32 Å². The van der Waals surface area contributed by atoms with Gasteiger partial charge in [0.05, 0.1) is 13.2 Å². The van der Waals surface area contributed by atoms with Gasteiger partial charge in [-0.15, -0.1) is 0 Å². The molecule has 1 N–H and O–H groups in total. The Balaban J connectivity index is 2.02. The summed E-state index contributed by atoms with van der Waals surface area (Å²) in [6.45, 7) is 4.17. The lowest BCUT2D eigenvalue weighted by molar-refractivity contribution is 0.223. The molecule has 1 aliphatic rings. The molecule has 4 heteroatoms. The monoisotopic (exact) mass is 260 g/mol. The smallest absolute Gasteiger partial charge is 0.161 e. The van der Waals surface area contributed by atoms with Crippen LogP contribution in [0.4, 0.5) is 0 Å². The molecule has 1 aromatic carbocycles. The highest BCUT2D eigenvalue weighted by atomic mass is 16.5. The molecule has 0 spiro atoms. The van der Waals surface area contributed by atoms with E-state index in [2.05, 4.69) is 11.4 Å². The van der Waals surface area contributed by atoms with E-state index in [1.807, 2.05) is 32.0 Å². The van der Waals surface area contributed by atoms with Gasteiger partial charge in [0.1, 0.15) is 12.1 Å². The maximum absolute atomic E-state index is 9.29.